The molecule has 0 bridgehead atoms. The molecule has 152 valence electrons. The first-order valence-corrected chi connectivity index (χ1v) is 9.69. The summed E-state index contributed by atoms with van der Waals surface area (Å²) in [5.74, 6) is -1.06. The predicted molar refractivity (Wildman–Crippen MR) is 106 cm³/mol. The third-order valence-corrected chi connectivity index (χ3v) is 5.06. The van der Waals surface area contributed by atoms with Crippen molar-refractivity contribution in [2.75, 3.05) is 6.61 Å². The van der Waals surface area contributed by atoms with Gasteiger partial charge in [0.2, 0.25) is 0 Å². The zero-order valence-electron chi connectivity index (χ0n) is 16.1. The molecule has 0 unspecified atom stereocenters. The molecule has 0 aliphatic heterocycles. The average Bonchev–Trinajstić information content (AvgIpc) is 3.27. The number of non-ortho nitro benzene ring substituents is 1. The van der Waals surface area contributed by atoms with Crippen LogP contribution >= 0.6 is 11.3 Å². The van der Waals surface area contributed by atoms with E-state index < -0.39 is 16.8 Å². The number of fused-ring (bicyclic) bond motifs is 1. The number of carbonyl (C=O) groups is 2. The number of hydrogen-bond acceptors (Lipinski definition) is 7. The van der Waals surface area contributed by atoms with Crippen molar-refractivity contribution in [1.82, 2.24) is 14.3 Å². The lowest BCUT2D eigenvalue weighted by Crippen LogP contribution is -2.23. The molecule has 10 nitrogen and oxygen atoms in total. The minimum Gasteiger partial charge on any atom is -0.465 e. The normalized spacial score (nSPS) is 11.9. The summed E-state index contributed by atoms with van der Waals surface area (Å²) in [6.45, 7) is 5.61. The smallest absolute Gasteiger partial charge is 0.326 e. The molecule has 1 aromatic carbocycles. The molecule has 3 aromatic rings. The lowest BCUT2D eigenvalue weighted by molar-refractivity contribution is -0.384. The molecule has 1 amide bonds. The number of amides is 1. The van der Waals surface area contributed by atoms with Crippen LogP contribution in [0, 0.1) is 10.1 Å². The highest BCUT2D eigenvalue weighted by atomic mass is 32.1. The highest BCUT2D eigenvalue weighted by molar-refractivity contribution is 7.16. The van der Waals surface area contributed by atoms with Crippen LogP contribution < -0.4 is 4.80 Å². The standard InChI is InChI=1S/C18H19N5O5S/c1-4-28-16(24)10-21-14-6-5-12(23(26)27)9-15(14)29-18(21)19-17(25)13-7-8-22(20-13)11(2)3/h5-9,11H,4,10H2,1-3H3. The van der Waals surface area contributed by atoms with E-state index in [9.17, 15) is 19.7 Å². The maximum absolute atomic E-state index is 12.6. The molecule has 2 aromatic heterocycles. The van der Waals surface area contributed by atoms with Gasteiger partial charge in [0, 0.05) is 24.4 Å². The third-order valence-electron chi connectivity index (χ3n) is 4.02. The molecule has 0 aliphatic carbocycles. The quantitative estimate of drug-likeness (QED) is 0.345. The van der Waals surface area contributed by atoms with Crippen molar-refractivity contribution in [3.8, 4) is 0 Å². The maximum Gasteiger partial charge on any atom is 0.326 e. The van der Waals surface area contributed by atoms with E-state index in [4.69, 9.17) is 4.74 Å². The number of hydrogen-bond donors (Lipinski definition) is 0. The lowest BCUT2D eigenvalue weighted by atomic mass is 10.3. The Kier molecular flexibility index (Phi) is 5.87. The van der Waals surface area contributed by atoms with E-state index in [1.54, 1.807) is 23.9 Å². The van der Waals surface area contributed by atoms with Crippen LogP contribution in [0.25, 0.3) is 10.2 Å². The SMILES string of the molecule is CCOC(=O)Cn1c(=NC(=O)c2ccn(C(C)C)n2)sc2cc([N+](=O)[O-])ccc21. The number of nitrogens with zero attached hydrogens (tertiary/aromatic N) is 5. The number of carbonyl (C=O) groups excluding carboxylic acids is 2. The van der Waals surface area contributed by atoms with Crippen molar-refractivity contribution < 1.29 is 19.2 Å². The van der Waals surface area contributed by atoms with Gasteiger partial charge in [-0.15, -0.1) is 0 Å². The van der Waals surface area contributed by atoms with Gasteiger partial charge in [-0.05, 0) is 32.9 Å². The van der Waals surface area contributed by atoms with Gasteiger partial charge in [-0.1, -0.05) is 11.3 Å². The van der Waals surface area contributed by atoms with Crippen molar-refractivity contribution in [3.63, 3.8) is 0 Å². The molecule has 0 saturated heterocycles. The van der Waals surface area contributed by atoms with Crippen LogP contribution in [0.1, 0.15) is 37.3 Å². The van der Waals surface area contributed by atoms with Crippen LogP contribution in [0.2, 0.25) is 0 Å². The second-order valence-electron chi connectivity index (χ2n) is 6.38. The van der Waals surface area contributed by atoms with Crippen LogP contribution in [-0.2, 0) is 16.1 Å². The average molecular weight is 417 g/mol. The van der Waals surface area contributed by atoms with E-state index in [2.05, 4.69) is 10.1 Å². The van der Waals surface area contributed by atoms with E-state index in [-0.39, 0.29) is 35.4 Å². The lowest BCUT2D eigenvalue weighted by Gasteiger charge is -2.05. The van der Waals surface area contributed by atoms with E-state index in [0.717, 1.165) is 11.3 Å². The van der Waals surface area contributed by atoms with Crippen molar-refractivity contribution in [2.24, 2.45) is 4.99 Å². The van der Waals surface area contributed by atoms with Gasteiger partial charge in [0.05, 0.1) is 21.7 Å². The molecular weight excluding hydrogens is 398 g/mol. The zero-order valence-corrected chi connectivity index (χ0v) is 16.9. The highest BCUT2D eigenvalue weighted by Crippen LogP contribution is 2.23. The number of thiazole rings is 1. The molecule has 11 heteroatoms. The largest absolute Gasteiger partial charge is 0.465 e. The molecule has 0 saturated carbocycles. The van der Waals surface area contributed by atoms with Gasteiger partial charge >= 0.3 is 5.97 Å². The van der Waals surface area contributed by atoms with Crippen LogP contribution in [0.15, 0.2) is 35.5 Å². The fourth-order valence-corrected chi connectivity index (χ4v) is 3.69. The van der Waals surface area contributed by atoms with Gasteiger partial charge in [-0.3, -0.25) is 24.4 Å². The van der Waals surface area contributed by atoms with Crippen LogP contribution in [-0.4, -0.2) is 37.8 Å². The predicted octanol–water partition coefficient (Wildman–Crippen LogP) is 2.69. The molecule has 2 heterocycles. The zero-order chi connectivity index (χ0) is 21.1. The summed E-state index contributed by atoms with van der Waals surface area (Å²) in [7, 11) is 0. The van der Waals surface area contributed by atoms with E-state index in [0.29, 0.717) is 10.2 Å². The minimum absolute atomic E-state index is 0.0874. The van der Waals surface area contributed by atoms with Gasteiger partial charge in [-0.25, -0.2) is 0 Å². The van der Waals surface area contributed by atoms with Gasteiger partial charge in [0.15, 0.2) is 10.5 Å². The number of nitro benzene ring substituents is 1. The number of nitro groups is 1. The topological polar surface area (TPSA) is 122 Å². The first-order valence-electron chi connectivity index (χ1n) is 8.87. The van der Waals surface area contributed by atoms with Crippen LogP contribution in [0.5, 0.6) is 0 Å². The fraction of sp³-hybridized carbons (Fsp3) is 0.333. The summed E-state index contributed by atoms with van der Waals surface area (Å²) >= 11 is 1.08. The second kappa shape index (κ2) is 8.35. The molecule has 0 fully saturated rings. The molecule has 0 spiro atoms. The monoisotopic (exact) mass is 417 g/mol. The number of ether oxygens (including phenoxy) is 1. The summed E-state index contributed by atoms with van der Waals surface area (Å²) in [5.41, 5.74) is 0.633. The van der Waals surface area contributed by atoms with Crippen molar-refractivity contribution >= 4 is 39.1 Å². The maximum atomic E-state index is 12.6. The second-order valence-corrected chi connectivity index (χ2v) is 7.39. The Bertz CT molecular complexity index is 1160. The summed E-state index contributed by atoms with van der Waals surface area (Å²) in [5, 5.41) is 15.3. The Balaban J connectivity index is 2.10. The molecule has 0 radical (unpaired) electrons. The summed E-state index contributed by atoms with van der Waals surface area (Å²) in [6, 6.07) is 5.92. The Morgan fingerprint density at radius 3 is 2.72 bits per heavy atom. The van der Waals surface area contributed by atoms with E-state index in [1.807, 2.05) is 13.8 Å². The summed E-state index contributed by atoms with van der Waals surface area (Å²) in [4.78, 5) is 39.5. The Hall–Kier alpha value is -3.34. The molecule has 3 rings (SSSR count). The third kappa shape index (κ3) is 4.40. The van der Waals surface area contributed by atoms with E-state index >= 15 is 0 Å². The first kappa shape index (κ1) is 20.4. The highest BCUT2D eigenvalue weighted by Gasteiger charge is 2.16. The fourth-order valence-electron chi connectivity index (χ4n) is 2.63. The van der Waals surface area contributed by atoms with Crippen molar-refractivity contribution in [2.45, 2.75) is 33.4 Å². The Morgan fingerprint density at radius 2 is 2.10 bits per heavy atom. The van der Waals surface area contributed by atoms with Crippen LogP contribution in [0.4, 0.5) is 5.69 Å². The first-order chi connectivity index (χ1) is 13.8. The van der Waals surface area contributed by atoms with Gasteiger partial charge in [-0.2, -0.15) is 10.1 Å². The Morgan fingerprint density at radius 1 is 1.34 bits per heavy atom. The van der Waals surface area contributed by atoms with Crippen molar-refractivity contribution in [3.05, 3.63) is 51.1 Å². The summed E-state index contributed by atoms with van der Waals surface area (Å²) < 4.78 is 8.68. The van der Waals surface area contributed by atoms with Gasteiger partial charge in [0.1, 0.15) is 6.54 Å². The molecular formula is C18H19N5O5S. The molecule has 29 heavy (non-hydrogen) atoms. The van der Waals surface area contributed by atoms with Crippen LogP contribution in [0.3, 0.4) is 0 Å². The molecule has 0 aliphatic rings. The molecule has 0 N–H and O–H groups in total. The number of rotatable bonds is 6. The molecule has 0 atom stereocenters. The van der Waals surface area contributed by atoms with Gasteiger partial charge < -0.3 is 9.30 Å². The van der Waals surface area contributed by atoms with Gasteiger partial charge in [0.25, 0.3) is 11.6 Å². The minimum atomic E-state index is -0.567. The Labute approximate surface area is 169 Å². The van der Waals surface area contributed by atoms with Crippen molar-refractivity contribution in [1.29, 1.82) is 0 Å². The van der Waals surface area contributed by atoms with E-state index in [1.165, 1.54) is 22.8 Å². The number of aromatic nitrogens is 3. The summed E-state index contributed by atoms with van der Waals surface area (Å²) in [6.07, 6.45) is 1.69. The number of benzene rings is 1. The number of esters is 1.